The van der Waals surface area contributed by atoms with Crippen LogP contribution in [-0.4, -0.2) is 84.8 Å². The average molecular weight is 1070 g/mol. The Morgan fingerprint density at radius 3 is 0.746 bits per heavy atom. The van der Waals surface area contributed by atoms with Crippen molar-refractivity contribution in [2.24, 2.45) is 0 Å². The van der Waals surface area contributed by atoms with Crippen molar-refractivity contribution in [1.82, 2.24) is 0 Å². The van der Waals surface area contributed by atoms with Gasteiger partial charge in [-0.3, -0.25) is 33.6 Å². The Bertz CT molecular complexity index is 2170. The summed E-state index contributed by atoms with van der Waals surface area (Å²) in [5, 5.41) is 36.7. The molecule has 0 saturated heterocycles. The smallest absolute Gasteiger partial charge is 0.335 e. The maximum absolute atomic E-state index is 13.7. The zero-order valence-corrected chi connectivity index (χ0v) is 36.2. The van der Waals surface area contributed by atoms with Crippen molar-refractivity contribution >= 4 is 157 Å². The van der Waals surface area contributed by atoms with Crippen LogP contribution in [0, 0.1) is 0 Å². The van der Waals surface area contributed by atoms with Gasteiger partial charge in [-0.25, -0.2) is 9.59 Å². The third kappa shape index (κ3) is 13.6. The lowest BCUT2D eigenvalue weighted by Crippen LogP contribution is -2.19. The average Bonchev–Trinajstić information content (AvgIpc) is 3.19. The molecule has 0 aromatic heterocycles. The number of amides is 7. The minimum atomic E-state index is -1.46. The normalized spacial score (nSPS) is 10.4. The summed E-state index contributed by atoms with van der Waals surface area (Å²) in [7, 11) is 0. The number of nitrogens with one attached hydrogen (secondary N) is 7. The Morgan fingerprint density at radius 1 is 0.322 bits per heavy atom. The molecule has 0 radical (unpaired) electrons. The Balaban J connectivity index is 1.78. The molecular weight excluding hydrogens is 1040 g/mol. The molecule has 4 aromatic carbocycles. The lowest BCUT2D eigenvalue weighted by molar-refractivity contribution is -0.114. The third-order valence-electron chi connectivity index (χ3n) is 7.41. The lowest BCUT2D eigenvalue weighted by Gasteiger charge is -2.15. The molecule has 9 N–H and O–H groups in total. The first kappa shape index (κ1) is 45.7. The van der Waals surface area contributed by atoms with E-state index < -0.39 is 64.4 Å². The molecule has 0 spiro atoms. The van der Waals surface area contributed by atoms with Gasteiger partial charge in [0.05, 0.1) is 32.4 Å². The second-order valence-corrected chi connectivity index (χ2v) is 14.1. The van der Waals surface area contributed by atoms with Gasteiger partial charge in [0.15, 0.2) is 0 Å². The fourth-order valence-corrected chi connectivity index (χ4v) is 5.60. The summed E-state index contributed by atoms with van der Waals surface area (Å²) in [4.78, 5) is 113. The largest absolute Gasteiger partial charge is 0.478 e. The number of alkyl halides is 4. The molecule has 306 valence electrons. The minimum Gasteiger partial charge on any atom is -0.478 e. The van der Waals surface area contributed by atoms with Crippen molar-refractivity contribution in [1.29, 1.82) is 0 Å². The quantitative estimate of drug-likeness (QED) is 0.0572. The van der Waals surface area contributed by atoms with Gasteiger partial charge in [-0.1, -0.05) is 63.7 Å². The highest BCUT2D eigenvalue weighted by atomic mass is 79.9. The summed E-state index contributed by atoms with van der Waals surface area (Å²) in [6.45, 7) is 0. The monoisotopic (exact) mass is 1060 g/mol. The zero-order valence-electron chi connectivity index (χ0n) is 29.8. The molecule has 0 fully saturated rings. The number of benzene rings is 4. The summed E-state index contributed by atoms with van der Waals surface area (Å²) in [5.74, 6) is -7.29. The van der Waals surface area contributed by atoms with Gasteiger partial charge in [-0.2, -0.15) is 0 Å². The lowest BCUT2D eigenvalue weighted by atomic mass is 10.1. The maximum atomic E-state index is 13.7. The van der Waals surface area contributed by atoms with Crippen LogP contribution in [0.3, 0.4) is 0 Å². The van der Waals surface area contributed by atoms with E-state index in [1.807, 2.05) is 0 Å². The van der Waals surface area contributed by atoms with Gasteiger partial charge in [-0.05, 0) is 72.8 Å². The molecule has 4 rings (SSSR count). The SMILES string of the molecule is O=C(CBr)Nc1cc(NC(=O)CBr)cc(C(=O)Nc2cc(NC(=O)c3cc(NC(=O)CBr)cc(NC(=O)CBr)c3)cc(C(=O)Nc3cc(C(=O)O)cc(C(=O)O)c3)c2)c1. The highest BCUT2D eigenvalue weighted by Gasteiger charge is 2.19. The van der Waals surface area contributed by atoms with E-state index in [0.717, 1.165) is 18.2 Å². The molecule has 59 heavy (non-hydrogen) atoms. The Morgan fingerprint density at radius 2 is 0.525 bits per heavy atom. The Kier molecular flexibility index (Phi) is 16.4. The van der Waals surface area contributed by atoms with Gasteiger partial charge in [0.1, 0.15) is 0 Å². The summed E-state index contributed by atoms with van der Waals surface area (Å²) in [6, 6.07) is 14.8. The molecule has 0 aliphatic rings. The summed E-state index contributed by atoms with van der Waals surface area (Å²) in [5.41, 5.74) is -0.954. The molecule has 0 saturated carbocycles. The molecule has 0 aliphatic heterocycles. The molecule has 0 aliphatic carbocycles. The summed E-state index contributed by atoms with van der Waals surface area (Å²) in [6.07, 6.45) is 0. The van der Waals surface area contributed by atoms with Crippen LogP contribution < -0.4 is 37.2 Å². The van der Waals surface area contributed by atoms with E-state index in [4.69, 9.17) is 0 Å². The van der Waals surface area contributed by atoms with Crippen molar-refractivity contribution in [3.8, 4) is 0 Å². The zero-order chi connectivity index (χ0) is 43.4. The van der Waals surface area contributed by atoms with E-state index in [1.165, 1.54) is 54.6 Å². The second kappa shape index (κ2) is 21.2. The molecule has 0 bridgehead atoms. The number of hydrogen-bond donors (Lipinski definition) is 9. The second-order valence-electron chi connectivity index (χ2n) is 11.9. The standard InChI is InChI=1S/C37H29Br4N7O11/c38-13-29(49)42-23-2-17(3-24(10-23)43-30(50)14-39)34(54)47-27-6-19(33(53)46-22-8-20(36(56)57)1-21(9-22)37(58)59)7-28(12-27)48-35(55)18-4-25(44-31(51)15-40)11-26(5-18)45-32(52)16-41/h1-12H,13-16H2,(H,42,49)(H,43,50)(H,44,51)(H,45,52)(H,46,53)(H,47,54)(H,48,55)(H,56,57)(H,58,59). The highest BCUT2D eigenvalue weighted by Crippen LogP contribution is 2.27. The van der Waals surface area contributed by atoms with Gasteiger partial charge in [0.2, 0.25) is 23.6 Å². The van der Waals surface area contributed by atoms with Crippen LogP contribution in [0.4, 0.5) is 39.8 Å². The predicted octanol–water partition coefficient (Wildman–Crippen LogP) is 6.17. The number of rotatable bonds is 16. The summed E-state index contributed by atoms with van der Waals surface area (Å²) < 4.78 is 0. The van der Waals surface area contributed by atoms with E-state index in [-0.39, 0.29) is 77.8 Å². The van der Waals surface area contributed by atoms with Crippen molar-refractivity contribution in [2.45, 2.75) is 0 Å². The van der Waals surface area contributed by atoms with E-state index in [1.54, 1.807) is 0 Å². The molecule has 0 unspecified atom stereocenters. The van der Waals surface area contributed by atoms with Gasteiger partial charge in [0.25, 0.3) is 17.7 Å². The molecular formula is C37H29Br4N7O11. The molecule has 4 aromatic rings. The van der Waals surface area contributed by atoms with E-state index >= 15 is 0 Å². The number of halogens is 4. The van der Waals surface area contributed by atoms with Gasteiger partial charge in [0, 0.05) is 56.5 Å². The number of carbonyl (C=O) groups is 9. The van der Waals surface area contributed by atoms with Crippen molar-refractivity contribution in [2.75, 3.05) is 58.5 Å². The third-order valence-corrected chi connectivity index (χ3v) is 9.44. The van der Waals surface area contributed by atoms with Crippen molar-refractivity contribution in [3.63, 3.8) is 0 Å². The van der Waals surface area contributed by atoms with Gasteiger partial charge in [-0.15, -0.1) is 0 Å². The first-order valence-corrected chi connectivity index (χ1v) is 20.9. The molecule has 0 atom stereocenters. The van der Waals surface area contributed by atoms with Gasteiger partial charge >= 0.3 is 11.9 Å². The number of anilines is 7. The van der Waals surface area contributed by atoms with Crippen LogP contribution >= 0.6 is 63.7 Å². The van der Waals surface area contributed by atoms with Crippen LogP contribution in [-0.2, 0) is 19.2 Å². The van der Waals surface area contributed by atoms with Crippen LogP contribution in [0.25, 0.3) is 0 Å². The van der Waals surface area contributed by atoms with Crippen LogP contribution in [0.1, 0.15) is 51.8 Å². The van der Waals surface area contributed by atoms with Crippen LogP contribution in [0.5, 0.6) is 0 Å². The molecule has 0 heterocycles. The Hall–Kier alpha value is -5.97. The number of hydrogen-bond acceptors (Lipinski definition) is 9. The van der Waals surface area contributed by atoms with E-state index in [9.17, 15) is 53.4 Å². The molecule has 7 amide bonds. The van der Waals surface area contributed by atoms with E-state index in [2.05, 4.69) is 101 Å². The van der Waals surface area contributed by atoms with Crippen molar-refractivity contribution in [3.05, 3.63) is 101 Å². The predicted molar refractivity (Wildman–Crippen MR) is 233 cm³/mol. The summed E-state index contributed by atoms with van der Waals surface area (Å²) >= 11 is 12.2. The number of aromatic carboxylic acids is 2. The highest BCUT2D eigenvalue weighted by molar-refractivity contribution is 9.10. The topological polar surface area (TPSA) is 278 Å². The first-order chi connectivity index (χ1) is 28.0. The molecule has 22 heteroatoms. The molecule has 18 nitrogen and oxygen atoms in total. The van der Waals surface area contributed by atoms with Crippen LogP contribution in [0.2, 0.25) is 0 Å². The fourth-order valence-electron chi connectivity index (χ4n) is 5.04. The maximum Gasteiger partial charge on any atom is 0.335 e. The van der Waals surface area contributed by atoms with E-state index in [0.29, 0.717) is 0 Å². The number of carboxylic acid groups (broad SMARTS) is 2. The number of carboxylic acids is 2. The first-order valence-electron chi connectivity index (χ1n) is 16.4. The van der Waals surface area contributed by atoms with Crippen LogP contribution in [0.15, 0.2) is 72.8 Å². The van der Waals surface area contributed by atoms with Gasteiger partial charge < -0.3 is 47.4 Å². The fraction of sp³-hybridized carbons (Fsp3) is 0.108. The van der Waals surface area contributed by atoms with Crippen molar-refractivity contribution < 1.29 is 53.4 Å². The Labute approximate surface area is 367 Å². The number of carbonyl (C=O) groups excluding carboxylic acids is 7. The minimum absolute atomic E-state index is 0.0604.